The highest BCUT2D eigenvalue weighted by atomic mass is 16.6. The van der Waals surface area contributed by atoms with E-state index in [2.05, 4.69) is 20.6 Å². The minimum absolute atomic E-state index is 0.122. The van der Waals surface area contributed by atoms with Crippen LogP contribution in [0.5, 0.6) is 0 Å². The Labute approximate surface area is 144 Å². The highest BCUT2D eigenvalue weighted by Crippen LogP contribution is 2.26. The fraction of sp³-hybridized carbons (Fsp3) is 0.471. The number of likely N-dealkylation sites (tertiary alicyclic amines) is 1. The van der Waals surface area contributed by atoms with E-state index in [4.69, 9.17) is 4.74 Å². The maximum atomic E-state index is 12.4. The maximum absolute atomic E-state index is 12.4. The molecule has 2 fully saturated rings. The predicted molar refractivity (Wildman–Crippen MR) is 91.3 cm³/mol. The van der Waals surface area contributed by atoms with Crippen molar-refractivity contribution >= 4 is 23.2 Å². The summed E-state index contributed by atoms with van der Waals surface area (Å²) < 4.78 is 5.02. The van der Waals surface area contributed by atoms with E-state index in [-0.39, 0.29) is 18.1 Å². The first-order valence-electron chi connectivity index (χ1n) is 8.61. The zero-order chi connectivity index (χ0) is 17.2. The van der Waals surface area contributed by atoms with Crippen LogP contribution >= 0.6 is 0 Å². The molecule has 2 unspecified atom stereocenters. The second-order valence-corrected chi connectivity index (χ2v) is 6.52. The second kappa shape index (κ2) is 6.62. The molecule has 2 saturated heterocycles. The molecule has 0 aliphatic carbocycles. The zero-order valence-electron chi connectivity index (χ0n) is 13.8. The third-order valence-electron chi connectivity index (χ3n) is 4.73. The monoisotopic (exact) mass is 343 g/mol. The lowest BCUT2D eigenvalue weighted by Gasteiger charge is -2.32. The quantitative estimate of drug-likeness (QED) is 0.787. The zero-order valence-corrected chi connectivity index (χ0v) is 13.8. The molecule has 2 atom stereocenters. The fourth-order valence-electron chi connectivity index (χ4n) is 3.41. The van der Waals surface area contributed by atoms with Gasteiger partial charge in [-0.05, 0) is 25.0 Å². The van der Waals surface area contributed by atoms with Crippen molar-refractivity contribution in [1.29, 1.82) is 0 Å². The van der Waals surface area contributed by atoms with Crippen molar-refractivity contribution < 1.29 is 14.3 Å². The van der Waals surface area contributed by atoms with E-state index in [9.17, 15) is 9.59 Å². The van der Waals surface area contributed by atoms with E-state index >= 15 is 0 Å². The Hall–Kier alpha value is -2.77. The number of ether oxygens (including phenoxy) is 1. The number of rotatable bonds is 3. The van der Waals surface area contributed by atoms with Gasteiger partial charge < -0.3 is 25.3 Å². The minimum Gasteiger partial charge on any atom is -0.442 e. The third-order valence-corrected chi connectivity index (χ3v) is 4.73. The Morgan fingerprint density at radius 2 is 2.28 bits per heavy atom. The molecule has 2 aromatic rings. The van der Waals surface area contributed by atoms with Crippen LogP contribution in [0.4, 0.5) is 9.59 Å². The molecule has 0 radical (unpaired) electrons. The Kier molecular flexibility index (Phi) is 4.17. The second-order valence-electron chi connectivity index (χ2n) is 6.52. The van der Waals surface area contributed by atoms with Crippen molar-refractivity contribution in [1.82, 2.24) is 25.5 Å². The number of H-pyrrole nitrogens is 1. The van der Waals surface area contributed by atoms with Crippen LogP contribution in [-0.4, -0.2) is 59.3 Å². The molecule has 0 saturated carbocycles. The van der Waals surface area contributed by atoms with Crippen molar-refractivity contribution in [3.05, 3.63) is 30.1 Å². The Balaban J connectivity index is 1.36. The largest absolute Gasteiger partial charge is 0.442 e. The van der Waals surface area contributed by atoms with E-state index in [1.165, 1.54) is 0 Å². The summed E-state index contributed by atoms with van der Waals surface area (Å²) in [4.78, 5) is 33.3. The van der Waals surface area contributed by atoms with Gasteiger partial charge >= 0.3 is 12.1 Å². The number of aromatic nitrogens is 2. The Morgan fingerprint density at radius 1 is 1.40 bits per heavy atom. The summed E-state index contributed by atoms with van der Waals surface area (Å²) in [6.07, 6.45) is 1.22. The number of aromatic amines is 1. The average Bonchev–Trinajstić information content (AvgIpc) is 3.25. The number of benzene rings is 1. The van der Waals surface area contributed by atoms with E-state index in [1.807, 2.05) is 29.2 Å². The number of nitrogens with zero attached hydrogens (tertiary/aromatic N) is 2. The van der Waals surface area contributed by atoms with Crippen molar-refractivity contribution in [2.75, 3.05) is 26.2 Å². The van der Waals surface area contributed by atoms with Crippen LogP contribution in [0.3, 0.4) is 0 Å². The van der Waals surface area contributed by atoms with Crippen LogP contribution in [0.25, 0.3) is 11.0 Å². The molecule has 1 aromatic heterocycles. The Bertz CT molecular complexity index is 756. The molecule has 2 aliphatic rings. The van der Waals surface area contributed by atoms with Crippen molar-refractivity contribution in [2.24, 2.45) is 0 Å². The number of para-hydroxylation sites is 2. The number of hydrogen-bond donors (Lipinski definition) is 3. The lowest BCUT2D eigenvalue weighted by atomic mass is 9.97. The number of cyclic esters (lactones) is 1. The summed E-state index contributed by atoms with van der Waals surface area (Å²) in [6.45, 7) is 2.11. The molecule has 3 heterocycles. The van der Waals surface area contributed by atoms with Gasteiger partial charge in [0.15, 0.2) is 0 Å². The number of piperidine rings is 1. The first kappa shape index (κ1) is 15.7. The van der Waals surface area contributed by atoms with Crippen molar-refractivity contribution in [3.8, 4) is 0 Å². The molecule has 8 nitrogen and oxygen atoms in total. The summed E-state index contributed by atoms with van der Waals surface area (Å²) in [5, 5.41) is 5.43. The van der Waals surface area contributed by atoms with Crippen LogP contribution in [0.15, 0.2) is 24.3 Å². The van der Waals surface area contributed by atoms with Gasteiger partial charge in [-0.25, -0.2) is 14.6 Å². The van der Waals surface area contributed by atoms with Gasteiger partial charge in [-0.15, -0.1) is 0 Å². The number of imidazole rings is 1. The molecule has 132 valence electrons. The number of hydrogen-bond acceptors (Lipinski definition) is 4. The molecule has 3 N–H and O–H groups in total. The number of alkyl carbamates (subject to hydrolysis) is 1. The van der Waals surface area contributed by atoms with Crippen molar-refractivity contribution in [3.63, 3.8) is 0 Å². The standard InChI is InChI=1S/C17H21N5O3/c23-16(18-8-12-9-19-17(24)25-12)22-7-3-4-11(10-22)15-20-13-5-1-2-6-14(13)21-15/h1-2,5-6,11-12H,3-4,7-10H2,(H,18,23)(H,19,24)(H,20,21). The third kappa shape index (κ3) is 3.38. The van der Waals surface area contributed by atoms with Gasteiger partial charge in [0.1, 0.15) is 11.9 Å². The van der Waals surface area contributed by atoms with Gasteiger partial charge in [0.25, 0.3) is 0 Å². The molecule has 1 aromatic carbocycles. The van der Waals surface area contributed by atoms with Gasteiger partial charge in [-0.3, -0.25) is 0 Å². The van der Waals surface area contributed by atoms with Gasteiger partial charge in [0.05, 0.1) is 24.1 Å². The summed E-state index contributed by atoms with van der Waals surface area (Å²) in [7, 11) is 0. The first-order chi connectivity index (χ1) is 12.2. The van der Waals surface area contributed by atoms with Crippen LogP contribution in [0.1, 0.15) is 24.6 Å². The molecule has 3 amide bonds. The summed E-state index contributed by atoms with van der Waals surface area (Å²) in [5.74, 6) is 1.14. The topological polar surface area (TPSA) is 99.4 Å². The fourth-order valence-corrected chi connectivity index (χ4v) is 3.41. The lowest BCUT2D eigenvalue weighted by molar-refractivity contribution is 0.135. The maximum Gasteiger partial charge on any atom is 0.407 e. The minimum atomic E-state index is -0.429. The number of urea groups is 1. The predicted octanol–water partition coefficient (Wildman–Crippen LogP) is 1.56. The first-order valence-corrected chi connectivity index (χ1v) is 8.61. The van der Waals surface area contributed by atoms with Crippen LogP contribution in [-0.2, 0) is 4.74 Å². The van der Waals surface area contributed by atoms with Gasteiger partial charge in [0.2, 0.25) is 0 Å². The summed E-state index contributed by atoms with van der Waals surface area (Å²) in [6, 6.07) is 7.83. The van der Waals surface area contributed by atoms with Gasteiger partial charge in [-0.1, -0.05) is 12.1 Å². The van der Waals surface area contributed by atoms with Crippen LogP contribution in [0, 0.1) is 0 Å². The smallest absolute Gasteiger partial charge is 0.407 e. The Morgan fingerprint density at radius 3 is 3.08 bits per heavy atom. The molecule has 25 heavy (non-hydrogen) atoms. The SMILES string of the molecule is O=C1NCC(CNC(=O)N2CCCC(c3nc4ccccc4[nH]3)C2)O1. The van der Waals surface area contributed by atoms with Crippen molar-refractivity contribution in [2.45, 2.75) is 24.9 Å². The molecular weight excluding hydrogens is 322 g/mol. The number of fused-ring (bicyclic) bond motifs is 1. The summed E-state index contributed by atoms with van der Waals surface area (Å²) >= 11 is 0. The molecule has 8 heteroatoms. The normalized spacial score (nSPS) is 23.4. The molecule has 0 spiro atoms. The van der Waals surface area contributed by atoms with Gasteiger partial charge in [-0.2, -0.15) is 0 Å². The van der Waals surface area contributed by atoms with E-state index < -0.39 is 6.09 Å². The highest BCUT2D eigenvalue weighted by molar-refractivity contribution is 5.76. The highest BCUT2D eigenvalue weighted by Gasteiger charge is 2.28. The lowest BCUT2D eigenvalue weighted by Crippen LogP contribution is -2.47. The molecular formula is C17H21N5O3. The van der Waals surface area contributed by atoms with E-state index in [1.54, 1.807) is 0 Å². The van der Waals surface area contributed by atoms with Crippen LogP contribution in [0.2, 0.25) is 0 Å². The van der Waals surface area contributed by atoms with Crippen LogP contribution < -0.4 is 10.6 Å². The van der Waals surface area contributed by atoms with Gasteiger partial charge in [0, 0.05) is 19.0 Å². The molecule has 2 aliphatic heterocycles. The van der Waals surface area contributed by atoms with E-state index in [0.717, 1.165) is 36.2 Å². The number of amides is 3. The average molecular weight is 343 g/mol. The molecule has 4 rings (SSSR count). The number of nitrogens with one attached hydrogen (secondary N) is 3. The molecule has 0 bridgehead atoms. The number of carbonyl (C=O) groups excluding carboxylic acids is 2. The number of carbonyl (C=O) groups is 2. The summed E-state index contributed by atoms with van der Waals surface area (Å²) in [5.41, 5.74) is 1.98. The van der Waals surface area contributed by atoms with E-state index in [0.29, 0.717) is 19.6 Å².